The van der Waals surface area contributed by atoms with E-state index in [0.29, 0.717) is 10.7 Å². The van der Waals surface area contributed by atoms with Crippen molar-refractivity contribution in [2.75, 3.05) is 11.1 Å². The first-order valence-corrected chi connectivity index (χ1v) is 8.98. The van der Waals surface area contributed by atoms with Gasteiger partial charge in [0, 0.05) is 30.3 Å². The van der Waals surface area contributed by atoms with Crippen molar-refractivity contribution in [3.8, 4) is 0 Å². The first kappa shape index (κ1) is 16.4. The van der Waals surface area contributed by atoms with E-state index in [1.54, 1.807) is 30.7 Å². The lowest BCUT2D eigenvalue weighted by molar-refractivity contribution is 0.102. The molecule has 1 aromatic carbocycles. The molecule has 8 heteroatoms. The van der Waals surface area contributed by atoms with Gasteiger partial charge in [0.1, 0.15) is 0 Å². The third-order valence-electron chi connectivity index (χ3n) is 3.09. The van der Waals surface area contributed by atoms with Gasteiger partial charge in [-0.2, -0.15) is 0 Å². The van der Waals surface area contributed by atoms with Crippen molar-refractivity contribution in [3.05, 3.63) is 66.8 Å². The third-order valence-corrected chi connectivity index (χ3v) is 5.06. The van der Waals surface area contributed by atoms with E-state index in [1.165, 1.54) is 23.1 Å². The molecule has 2 heterocycles. The van der Waals surface area contributed by atoms with Gasteiger partial charge >= 0.3 is 0 Å². The van der Waals surface area contributed by atoms with Gasteiger partial charge in [-0.3, -0.25) is 10.1 Å². The van der Waals surface area contributed by atoms with Crippen LogP contribution in [0.1, 0.15) is 15.9 Å². The molecule has 3 rings (SSSR count). The number of aromatic nitrogens is 4. The van der Waals surface area contributed by atoms with E-state index in [2.05, 4.69) is 27.1 Å². The molecule has 2 aromatic heterocycles. The predicted octanol–water partition coefficient (Wildman–Crippen LogP) is 3.31. The van der Waals surface area contributed by atoms with Gasteiger partial charge in [0.05, 0.1) is 6.33 Å². The summed E-state index contributed by atoms with van der Waals surface area (Å²) in [4.78, 5) is 16.3. The highest BCUT2D eigenvalue weighted by molar-refractivity contribution is 8.01. The number of amides is 1. The van der Waals surface area contributed by atoms with Gasteiger partial charge < -0.3 is 4.57 Å². The van der Waals surface area contributed by atoms with Crippen LogP contribution in [-0.4, -0.2) is 31.4 Å². The van der Waals surface area contributed by atoms with Gasteiger partial charge in [0.25, 0.3) is 5.91 Å². The van der Waals surface area contributed by atoms with Gasteiger partial charge in [-0.05, 0) is 17.7 Å². The minimum absolute atomic E-state index is 0.194. The number of thioether (sulfide) groups is 1. The average Bonchev–Trinajstić information content (AvgIpc) is 3.25. The Hall–Kier alpha value is -2.45. The van der Waals surface area contributed by atoms with Gasteiger partial charge in [-0.15, -0.1) is 16.8 Å². The number of nitrogens with one attached hydrogen (secondary N) is 1. The van der Waals surface area contributed by atoms with Crippen LogP contribution in [0.2, 0.25) is 0 Å². The molecule has 0 aliphatic rings. The zero-order valence-electron chi connectivity index (χ0n) is 12.8. The van der Waals surface area contributed by atoms with Crippen LogP contribution in [0.3, 0.4) is 0 Å². The maximum absolute atomic E-state index is 12.3. The van der Waals surface area contributed by atoms with E-state index >= 15 is 0 Å². The van der Waals surface area contributed by atoms with Crippen molar-refractivity contribution in [2.45, 2.75) is 10.9 Å². The van der Waals surface area contributed by atoms with Crippen molar-refractivity contribution in [1.82, 2.24) is 19.7 Å². The number of rotatable bonds is 7. The summed E-state index contributed by atoms with van der Waals surface area (Å²) in [5, 5.41) is 11.3. The topological polar surface area (TPSA) is 72.7 Å². The van der Waals surface area contributed by atoms with Gasteiger partial charge in [-0.1, -0.05) is 41.3 Å². The van der Waals surface area contributed by atoms with Gasteiger partial charge in [0.2, 0.25) is 5.13 Å². The SMILES string of the molecule is C=CCSc1nnc(NC(=O)c2ccc(Cn3ccnc3)cc2)s1. The Morgan fingerprint density at radius 2 is 2.17 bits per heavy atom. The van der Waals surface area contributed by atoms with Crippen molar-refractivity contribution in [3.63, 3.8) is 0 Å². The Bertz CT molecular complexity index is 811. The quantitative estimate of drug-likeness (QED) is 0.399. The Morgan fingerprint density at radius 3 is 2.88 bits per heavy atom. The van der Waals surface area contributed by atoms with Crippen LogP contribution in [0.5, 0.6) is 0 Å². The van der Waals surface area contributed by atoms with Crippen molar-refractivity contribution in [1.29, 1.82) is 0 Å². The van der Waals surface area contributed by atoms with Gasteiger partial charge in [0.15, 0.2) is 4.34 Å². The Morgan fingerprint density at radius 1 is 1.33 bits per heavy atom. The summed E-state index contributed by atoms with van der Waals surface area (Å²) in [5.74, 6) is 0.571. The van der Waals surface area contributed by atoms with Crippen LogP contribution in [-0.2, 0) is 6.54 Å². The molecule has 0 bridgehead atoms. The average molecular weight is 357 g/mol. The fourth-order valence-corrected chi connectivity index (χ4v) is 3.48. The molecule has 3 aromatic rings. The molecule has 0 saturated heterocycles. The molecule has 0 saturated carbocycles. The molecule has 0 atom stereocenters. The standard InChI is InChI=1S/C16H15N5OS2/c1-2-9-23-16-20-19-15(24-16)18-14(22)13-5-3-12(4-6-13)10-21-8-7-17-11-21/h2-8,11H,1,9-10H2,(H,18,19,22). The van der Waals surface area contributed by atoms with E-state index in [-0.39, 0.29) is 5.91 Å². The minimum Gasteiger partial charge on any atom is -0.333 e. The summed E-state index contributed by atoms with van der Waals surface area (Å²) in [7, 11) is 0. The summed E-state index contributed by atoms with van der Waals surface area (Å²) in [6.45, 7) is 4.39. The molecule has 0 fully saturated rings. The van der Waals surface area contributed by atoms with E-state index in [4.69, 9.17) is 0 Å². The lowest BCUT2D eigenvalue weighted by atomic mass is 10.1. The molecule has 0 unspecified atom stereocenters. The maximum atomic E-state index is 12.3. The number of hydrogen-bond donors (Lipinski definition) is 1. The molecule has 0 radical (unpaired) electrons. The molecule has 0 aliphatic heterocycles. The van der Waals surface area contributed by atoms with Gasteiger partial charge in [-0.25, -0.2) is 4.98 Å². The monoisotopic (exact) mass is 357 g/mol. The van der Waals surface area contributed by atoms with Crippen LogP contribution < -0.4 is 5.32 Å². The summed E-state index contributed by atoms with van der Waals surface area (Å²) < 4.78 is 2.78. The van der Waals surface area contributed by atoms with Crippen molar-refractivity contribution >= 4 is 34.1 Å². The van der Waals surface area contributed by atoms with Crippen LogP contribution in [0.15, 0.2) is 60.0 Å². The maximum Gasteiger partial charge on any atom is 0.257 e. The summed E-state index contributed by atoms with van der Waals surface area (Å²) >= 11 is 2.89. The normalized spacial score (nSPS) is 10.5. The van der Waals surface area contributed by atoms with E-state index in [9.17, 15) is 4.79 Å². The van der Waals surface area contributed by atoms with Crippen LogP contribution in [0.25, 0.3) is 0 Å². The molecule has 1 amide bonds. The molecular weight excluding hydrogens is 342 g/mol. The summed E-state index contributed by atoms with van der Waals surface area (Å²) in [5.41, 5.74) is 1.68. The lowest BCUT2D eigenvalue weighted by Gasteiger charge is -2.05. The fourth-order valence-electron chi connectivity index (χ4n) is 1.97. The van der Waals surface area contributed by atoms with Crippen molar-refractivity contribution < 1.29 is 4.79 Å². The second-order valence-corrected chi connectivity index (χ2v) is 7.10. The van der Waals surface area contributed by atoms with E-state index < -0.39 is 0 Å². The van der Waals surface area contributed by atoms with E-state index in [1.807, 2.05) is 22.9 Å². The Labute approximate surface area is 147 Å². The highest BCUT2D eigenvalue weighted by Gasteiger charge is 2.10. The van der Waals surface area contributed by atoms with Crippen LogP contribution in [0.4, 0.5) is 5.13 Å². The molecule has 24 heavy (non-hydrogen) atoms. The number of carbonyl (C=O) groups is 1. The lowest BCUT2D eigenvalue weighted by Crippen LogP contribution is -2.11. The van der Waals surface area contributed by atoms with Crippen LogP contribution in [0, 0.1) is 0 Å². The number of carbonyl (C=O) groups excluding carboxylic acids is 1. The zero-order chi connectivity index (χ0) is 16.8. The van der Waals surface area contributed by atoms with Crippen molar-refractivity contribution in [2.24, 2.45) is 0 Å². The number of nitrogens with zero attached hydrogens (tertiary/aromatic N) is 4. The number of anilines is 1. The smallest absolute Gasteiger partial charge is 0.257 e. The summed E-state index contributed by atoms with van der Waals surface area (Å²) in [6, 6.07) is 7.47. The number of benzene rings is 1. The number of hydrogen-bond acceptors (Lipinski definition) is 6. The minimum atomic E-state index is -0.194. The Kier molecular flexibility index (Phi) is 5.39. The molecule has 1 N–H and O–H groups in total. The largest absolute Gasteiger partial charge is 0.333 e. The summed E-state index contributed by atoms with van der Waals surface area (Å²) in [6.07, 6.45) is 7.21. The fraction of sp³-hybridized carbons (Fsp3) is 0.125. The highest BCUT2D eigenvalue weighted by atomic mass is 32.2. The highest BCUT2D eigenvalue weighted by Crippen LogP contribution is 2.25. The van der Waals surface area contributed by atoms with Crippen LogP contribution >= 0.6 is 23.1 Å². The molecule has 122 valence electrons. The molecule has 0 aliphatic carbocycles. The molecular formula is C16H15N5OS2. The molecule has 6 nitrogen and oxygen atoms in total. The Balaban J connectivity index is 1.60. The first-order valence-electron chi connectivity index (χ1n) is 7.18. The third kappa shape index (κ3) is 4.30. The second-order valence-electron chi connectivity index (χ2n) is 4.86. The number of imidazole rings is 1. The molecule has 0 spiro atoms. The van der Waals surface area contributed by atoms with E-state index in [0.717, 1.165) is 22.2 Å². The first-order chi connectivity index (χ1) is 11.7. The zero-order valence-corrected chi connectivity index (χ0v) is 14.4. The second kappa shape index (κ2) is 7.89. The predicted molar refractivity (Wildman–Crippen MR) is 96.6 cm³/mol.